The second kappa shape index (κ2) is 31.1. The Morgan fingerprint density at radius 2 is 0.615 bits per heavy atom. The topological polar surface area (TPSA) is 66.8 Å². The molecule has 0 aromatic rings. The fourth-order valence-electron chi connectivity index (χ4n) is 5.75. The van der Waals surface area contributed by atoms with Crippen LogP contribution in [0.3, 0.4) is 0 Å². The zero-order chi connectivity index (χ0) is 28.7. The van der Waals surface area contributed by atoms with Gasteiger partial charge in [-0.05, 0) is 12.8 Å². The molecule has 1 atom stereocenters. The van der Waals surface area contributed by atoms with Crippen molar-refractivity contribution in [2.75, 3.05) is 0 Å². The average molecular weight is 575 g/mol. The predicted molar refractivity (Wildman–Crippen MR) is 171 cm³/mol. The van der Waals surface area contributed by atoms with Gasteiger partial charge in [0.25, 0.3) is 0 Å². The van der Waals surface area contributed by atoms with Gasteiger partial charge in [-0.2, -0.15) is 0 Å². The van der Waals surface area contributed by atoms with E-state index in [1.165, 1.54) is 161 Å². The van der Waals surface area contributed by atoms with Crippen molar-refractivity contribution < 1.29 is 18.9 Å². The summed E-state index contributed by atoms with van der Waals surface area (Å²) in [5.74, 6) is 0. The van der Waals surface area contributed by atoms with E-state index in [0.717, 1.165) is 38.5 Å². The molecule has 0 saturated carbocycles. The Morgan fingerprint density at radius 1 is 0.410 bits per heavy atom. The Balaban J connectivity index is 3.60. The molecule has 1 unspecified atom stereocenters. The van der Waals surface area contributed by atoms with Crippen LogP contribution in [0.2, 0.25) is 0 Å². The molecule has 0 amide bonds. The highest BCUT2D eigenvalue weighted by Crippen LogP contribution is 2.39. The van der Waals surface area contributed by atoms with Crippen LogP contribution in [-0.4, -0.2) is 15.9 Å². The molecule has 4 nitrogen and oxygen atoms in total. The summed E-state index contributed by atoms with van der Waals surface area (Å²) in [6.07, 6.45) is 39.8. The van der Waals surface area contributed by atoms with Gasteiger partial charge < -0.3 is 9.79 Å². The molecule has 0 spiro atoms. The first-order chi connectivity index (χ1) is 19.0. The fourth-order valence-corrected chi connectivity index (χ4v) is 6.35. The lowest BCUT2D eigenvalue weighted by molar-refractivity contribution is 0.115. The smallest absolute Gasteiger partial charge is 0.303 e. The monoisotopic (exact) mass is 575 g/mol. The third-order valence-corrected chi connectivity index (χ3v) is 8.87. The van der Waals surface area contributed by atoms with Gasteiger partial charge in [-0.25, -0.2) is 4.57 Å². The molecule has 236 valence electrons. The first-order valence-corrected chi connectivity index (χ1v) is 19.3. The van der Waals surface area contributed by atoms with E-state index in [9.17, 15) is 14.4 Å². The molecule has 0 aliphatic heterocycles. The molecule has 39 heavy (non-hydrogen) atoms. The van der Waals surface area contributed by atoms with Gasteiger partial charge in [0.1, 0.15) is 0 Å². The Bertz CT molecular complexity index is 507. The number of phosphoric ester groups is 1. The maximum Gasteiger partial charge on any atom is 0.469 e. The molecular formula is C34H71O4P. The average Bonchev–Trinajstić information content (AvgIpc) is 2.90. The van der Waals surface area contributed by atoms with E-state index in [2.05, 4.69) is 13.8 Å². The van der Waals surface area contributed by atoms with E-state index in [1.54, 1.807) is 0 Å². The second-order valence-corrected chi connectivity index (χ2v) is 13.5. The highest BCUT2D eigenvalue weighted by atomic mass is 31.2. The van der Waals surface area contributed by atoms with E-state index in [1.807, 2.05) is 0 Å². The SMILES string of the molecule is CCCCCCCCCCCCCCCCCC(CCCCCCCCCCCCCCCC)OP(=O)(O)O. The summed E-state index contributed by atoms with van der Waals surface area (Å²) in [7, 11) is -4.40. The zero-order valence-corrected chi connectivity index (χ0v) is 27.6. The highest BCUT2D eigenvalue weighted by Gasteiger charge is 2.21. The summed E-state index contributed by atoms with van der Waals surface area (Å²) >= 11 is 0. The van der Waals surface area contributed by atoms with Crippen LogP contribution in [0.5, 0.6) is 0 Å². The van der Waals surface area contributed by atoms with E-state index in [4.69, 9.17) is 4.52 Å². The van der Waals surface area contributed by atoms with E-state index >= 15 is 0 Å². The summed E-state index contributed by atoms with van der Waals surface area (Å²) in [4.78, 5) is 18.6. The van der Waals surface area contributed by atoms with E-state index in [-0.39, 0.29) is 6.10 Å². The Hall–Kier alpha value is 0.110. The largest absolute Gasteiger partial charge is 0.469 e. The number of rotatable bonds is 33. The van der Waals surface area contributed by atoms with Gasteiger partial charge in [0, 0.05) is 0 Å². The summed E-state index contributed by atoms with van der Waals surface area (Å²) in [6.45, 7) is 4.55. The van der Waals surface area contributed by atoms with Crippen molar-refractivity contribution in [2.24, 2.45) is 0 Å². The van der Waals surface area contributed by atoms with Gasteiger partial charge in [0.05, 0.1) is 6.10 Å². The molecule has 0 saturated heterocycles. The van der Waals surface area contributed by atoms with Crippen LogP contribution < -0.4 is 0 Å². The molecule has 2 N–H and O–H groups in total. The van der Waals surface area contributed by atoms with Crippen LogP contribution in [0.25, 0.3) is 0 Å². The van der Waals surface area contributed by atoms with Crippen LogP contribution >= 0.6 is 7.82 Å². The molecule has 0 bridgehead atoms. The molecular weight excluding hydrogens is 503 g/mol. The normalized spacial score (nSPS) is 12.8. The highest BCUT2D eigenvalue weighted by molar-refractivity contribution is 7.46. The zero-order valence-electron chi connectivity index (χ0n) is 26.7. The maximum absolute atomic E-state index is 11.4. The van der Waals surface area contributed by atoms with Crippen molar-refractivity contribution in [2.45, 2.75) is 219 Å². The van der Waals surface area contributed by atoms with Crippen molar-refractivity contribution in [3.05, 3.63) is 0 Å². The Kier molecular flexibility index (Phi) is 31.1. The summed E-state index contributed by atoms with van der Waals surface area (Å²) < 4.78 is 16.6. The minimum absolute atomic E-state index is 0.287. The van der Waals surface area contributed by atoms with Crippen molar-refractivity contribution in [3.8, 4) is 0 Å². The lowest BCUT2D eigenvalue weighted by Crippen LogP contribution is -2.11. The predicted octanol–water partition coefficient (Wildman–Crippen LogP) is 12.6. The number of hydrogen-bond donors (Lipinski definition) is 2. The van der Waals surface area contributed by atoms with Gasteiger partial charge in [0.2, 0.25) is 0 Å². The number of hydrogen-bond acceptors (Lipinski definition) is 2. The molecule has 0 heterocycles. The molecule has 0 fully saturated rings. The molecule has 0 aromatic heterocycles. The van der Waals surface area contributed by atoms with Crippen molar-refractivity contribution >= 4 is 7.82 Å². The minimum atomic E-state index is -4.40. The first-order valence-electron chi connectivity index (χ1n) is 17.7. The van der Waals surface area contributed by atoms with E-state index in [0.29, 0.717) is 0 Å². The van der Waals surface area contributed by atoms with Crippen molar-refractivity contribution in [3.63, 3.8) is 0 Å². The van der Waals surface area contributed by atoms with Gasteiger partial charge in [-0.1, -0.05) is 200 Å². The van der Waals surface area contributed by atoms with Crippen LogP contribution in [0.15, 0.2) is 0 Å². The summed E-state index contributed by atoms with van der Waals surface area (Å²) in [5.41, 5.74) is 0. The minimum Gasteiger partial charge on any atom is -0.303 e. The maximum atomic E-state index is 11.4. The Labute approximate surface area is 245 Å². The van der Waals surface area contributed by atoms with Crippen LogP contribution in [0.4, 0.5) is 0 Å². The van der Waals surface area contributed by atoms with Gasteiger partial charge in [-0.3, -0.25) is 4.52 Å². The van der Waals surface area contributed by atoms with Gasteiger partial charge >= 0.3 is 7.82 Å². The van der Waals surface area contributed by atoms with Gasteiger partial charge in [-0.15, -0.1) is 0 Å². The van der Waals surface area contributed by atoms with Crippen LogP contribution in [-0.2, 0) is 9.09 Å². The standard InChI is InChI=1S/C34H71O4P/c1-3-5-7-9-11-13-15-17-19-21-23-25-27-29-31-33-34(38-39(35,36)37)32-30-28-26-24-22-20-18-16-14-12-10-8-6-4-2/h34H,3-33H2,1-2H3,(H2,35,36,37). The molecule has 0 aromatic carbocycles. The van der Waals surface area contributed by atoms with Crippen LogP contribution in [0, 0.1) is 0 Å². The van der Waals surface area contributed by atoms with E-state index < -0.39 is 7.82 Å². The molecule has 5 heteroatoms. The second-order valence-electron chi connectivity index (χ2n) is 12.3. The summed E-state index contributed by atoms with van der Waals surface area (Å²) in [5, 5.41) is 0. The molecule has 0 rings (SSSR count). The van der Waals surface area contributed by atoms with Gasteiger partial charge in [0.15, 0.2) is 0 Å². The lowest BCUT2D eigenvalue weighted by Gasteiger charge is -2.18. The quantitative estimate of drug-likeness (QED) is 0.0604. The fraction of sp³-hybridized carbons (Fsp3) is 1.00. The molecule has 0 radical (unpaired) electrons. The number of unbranched alkanes of at least 4 members (excludes halogenated alkanes) is 27. The molecule has 0 aliphatic carbocycles. The first kappa shape index (κ1) is 39.1. The third-order valence-electron chi connectivity index (χ3n) is 8.30. The van der Waals surface area contributed by atoms with Crippen molar-refractivity contribution in [1.82, 2.24) is 0 Å². The van der Waals surface area contributed by atoms with Crippen LogP contribution in [0.1, 0.15) is 213 Å². The summed E-state index contributed by atoms with van der Waals surface area (Å²) in [6, 6.07) is 0. The lowest BCUT2D eigenvalue weighted by atomic mass is 10.0. The van der Waals surface area contributed by atoms with Crippen molar-refractivity contribution in [1.29, 1.82) is 0 Å². The number of phosphoric acid groups is 1. The molecule has 0 aliphatic rings. The third kappa shape index (κ3) is 34.2. The Morgan fingerprint density at radius 3 is 0.821 bits per heavy atom.